The van der Waals surface area contributed by atoms with Crippen LogP contribution in [0.2, 0.25) is 0 Å². The standard InChI is InChI=1S/C29H28F3N7O3/c1-38-26-24(25(33)37-38)21(15-23(36-26)17-2-3-17)16-4-6-18(7-5-16)34-28(41)35-19-8-9-20(22(14-19)29(30,31)32)27(40)39-10-12-42-13-11-39/h4-9,14-15,17H,2-3,10-13H2,1H3,(H2,33,37)(H2,34,35,41). The molecule has 1 saturated heterocycles. The first-order chi connectivity index (χ1) is 20.1. The molecule has 3 heterocycles. The van der Waals surface area contributed by atoms with E-state index in [1.54, 1.807) is 23.9 Å². The smallest absolute Gasteiger partial charge is 0.382 e. The fraction of sp³-hybridized carbons (Fsp3) is 0.310. The molecule has 3 amide bonds. The highest BCUT2D eigenvalue weighted by Gasteiger charge is 2.37. The summed E-state index contributed by atoms with van der Waals surface area (Å²) in [5.41, 5.74) is 8.34. The highest BCUT2D eigenvalue weighted by Crippen LogP contribution is 2.43. The molecule has 2 aliphatic rings. The minimum atomic E-state index is -4.79. The number of urea groups is 1. The van der Waals surface area contributed by atoms with Crippen LogP contribution in [0, 0.1) is 0 Å². The lowest BCUT2D eigenvalue weighted by atomic mass is 10.0. The van der Waals surface area contributed by atoms with Gasteiger partial charge in [0.1, 0.15) is 0 Å². The maximum absolute atomic E-state index is 13.9. The second kappa shape index (κ2) is 10.6. The van der Waals surface area contributed by atoms with E-state index in [2.05, 4.69) is 15.7 Å². The molecule has 0 bridgehead atoms. The van der Waals surface area contributed by atoms with E-state index >= 15 is 0 Å². The Bertz CT molecular complexity index is 1670. The molecule has 1 saturated carbocycles. The number of nitrogen functional groups attached to an aromatic ring is 1. The van der Waals surface area contributed by atoms with Gasteiger partial charge in [0, 0.05) is 43.1 Å². The number of rotatable bonds is 5. The molecule has 42 heavy (non-hydrogen) atoms. The van der Waals surface area contributed by atoms with Gasteiger partial charge < -0.3 is 26.0 Å². The SMILES string of the molecule is Cn1nc(N)c2c(-c3ccc(NC(=O)Nc4ccc(C(=O)N5CCOCC5)c(C(F)(F)F)c4)cc3)cc(C3CC3)nc21. The predicted molar refractivity (Wildman–Crippen MR) is 151 cm³/mol. The lowest BCUT2D eigenvalue weighted by Gasteiger charge is -2.28. The molecule has 4 N–H and O–H groups in total. The fourth-order valence-corrected chi connectivity index (χ4v) is 5.12. The van der Waals surface area contributed by atoms with Gasteiger partial charge in [-0.2, -0.15) is 18.3 Å². The van der Waals surface area contributed by atoms with Gasteiger partial charge in [0.25, 0.3) is 5.91 Å². The zero-order chi connectivity index (χ0) is 29.6. The number of amides is 3. The highest BCUT2D eigenvalue weighted by molar-refractivity contribution is 6.02. The quantitative estimate of drug-likeness (QED) is 0.297. The summed E-state index contributed by atoms with van der Waals surface area (Å²) in [5.74, 6) is 0.0543. The Morgan fingerprint density at radius 2 is 1.67 bits per heavy atom. The summed E-state index contributed by atoms with van der Waals surface area (Å²) >= 11 is 0. The van der Waals surface area contributed by atoms with Crippen molar-refractivity contribution in [1.29, 1.82) is 0 Å². The third-order valence-corrected chi connectivity index (χ3v) is 7.40. The van der Waals surface area contributed by atoms with Crippen molar-refractivity contribution in [3.63, 3.8) is 0 Å². The van der Waals surface area contributed by atoms with Crippen LogP contribution in [0.25, 0.3) is 22.2 Å². The van der Waals surface area contributed by atoms with Crippen molar-refractivity contribution in [3.8, 4) is 11.1 Å². The molecule has 13 heteroatoms. The second-order valence-electron chi connectivity index (χ2n) is 10.4. The average Bonchev–Trinajstić information content (AvgIpc) is 3.78. The number of nitrogens with one attached hydrogen (secondary N) is 2. The Morgan fingerprint density at radius 3 is 2.33 bits per heavy atom. The van der Waals surface area contributed by atoms with E-state index in [-0.39, 0.29) is 32.0 Å². The number of nitrogens with two attached hydrogens (primary N) is 1. The highest BCUT2D eigenvalue weighted by atomic mass is 19.4. The van der Waals surface area contributed by atoms with Gasteiger partial charge in [-0.25, -0.2) is 14.5 Å². The molecule has 2 aromatic heterocycles. The molecule has 10 nitrogen and oxygen atoms in total. The van der Waals surface area contributed by atoms with E-state index in [1.807, 2.05) is 18.2 Å². The first-order valence-electron chi connectivity index (χ1n) is 13.5. The van der Waals surface area contributed by atoms with Gasteiger partial charge in [-0.15, -0.1) is 0 Å². The summed E-state index contributed by atoms with van der Waals surface area (Å²) in [7, 11) is 1.80. The molecule has 0 spiro atoms. The summed E-state index contributed by atoms with van der Waals surface area (Å²) in [6.07, 6.45) is -2.63. The number of benzene rings is 2. The van der Waals surface area contributed by atoms with Crippen LogP contribution >= 0.6 is 0 Å². The zero-order valence-electron chi connectivity index (χ0n) is 22.7. The number of alkyl halides is 3. The molecule has 0 radical (unpaired) electrons. The van der Waals surface area contributed by atoms with E-state index in [0.29, 0.717) is 23.1 Å². The number of anilines is 3. The lowest BCUT2D eigenvalue weighted by Crippen LogP contribution is -2.41. The summed E-state index contributed by atoms with van der Waals surface area (Å²) in [6.45, 7) is 0.945. The molecular formula is C29H28F3N7O3. The van der Waals surface area contributed by atoms with Gasteiger partial charge in [-0.3, -0.25) is 4.79 Å². The summed E-state index contributed by atoms with van der Waals surface area (Å²) in [6, 6.07) is 11.4. The number of halogens is 3. The Labute approximate surface area is 238 Å². The van der Waals surface area contributed by atoms with Gasteiger partial charge in [0.05, 0.1) is 29.7 Å². The third-order valence-electron chi connectivity index (χ3n) is 7.40. The van der Waals surface area contributed by atoms with Crippen LogP contribution in [0.4, 0.5) is 35.2 Å². The van der Waals surface area contributed by atoms with Crippen LogP contribution in [-0.2, 0) is 18.0 Å². The molecule has 6 rings (SSSR count). The van der Waals surface area contributed by atoms with E-state index in [0.717, 1.165) is 47.2 Å². The Hall–Kier alpha value is -4.65. The number of morpholine rings is 1. The lowest BCUT2D eigenvalue weighted by molar-refractivity contribution is -0.138. The van der Waals surface area contributed by atoms with Crippen LogP contribution in [0.5, 0.6) is 0 Å². The number of nitrogens with zero attached hydrogens (tertiary/aromatic N) is 4. The van der Waals surface area contributed by atoms with E-state index < -0.39 is 29.2 Å². The van der Waals surface area contributed by atoms with Crippen molar-refractivity contribution < 1.29 is 27.5 Å². The predicted octanol–water partition coefficient (Wildman–Crippen LogP) is 5.23. The van der Waals surface area contributed by atoms with Crippen LogP contribution < -0.4 is 16.4 Å². The van der Waals surface area contributed by atoms with Gasteiger partial charge in [0.2, 0.25) is 0 Å². The minimum Gasteiger partial charge on any atom is -0.382 e. The first-order valence-corrected chi connectivity index (χ1v) is 13.5. The number of carbonyl (C=O) groups excluding carboxylic acids is 2. The molecule has 1 aliphatic heterocycles. The van der Waals surface area contributed by atoms with Crippen molar-refractivity contribution >= 4 is 40.2 Å². The Kier molecular flexibility index (Phi) is 6.97. The Balaban J connectivity index is 1.19. The number of hydrogen-bond acceptors (Lipinski definition) is 6. The van der Waals surface area contributed by atoms with Crippen LogP contribution in [0.3, 0.4) is 0 Å². The number of ether oxygens (including phenoxy) is 1. The zero-order valence-corrected chi connectivity index (χ0v) is 22.7. The maximum Gasteiger partial charge on any atom is 0.417 e. The normalized spacial score (nSPS) is 15.6. The summed E-state index contributed by atoms with van der Waals surface area (Å²) in [4.78, 5) is 31.5. The van der Waals surface area contributed by atoms with Crippen molar-refractivity contribution in [2.24, 2.45) is 7.05 Å². The fourth-order valence-electron chi connectivity index (χ4n) is 5.12. The molecule has 0 atom stereocenters. The van der Waals surface area contributed by atoms with Gasteiger partial charge in [-0.05, 0) is 60.4 Å². The number of pyridine rings is 1. The molecule has 218 valence electrons. The monoisotopic (exact) mass is 579 g/mol. The van der Waals surface area contributed by atoms with E-state index in [9.17, 15) is 22.8 Å². The molecule has 2 fully saturated rings. The molecule has 2 aromatic carbocycles. The maximum atomic E-state index is 13.9. The van der Waals surface area contributed by atoms with E-state index in [4.69, 9.17) is 15.5 Å². The molecule has 4 aromatic rings. The number of aromatic nitrogens is 3. The first kappa shape index (κ1) is 27.5. The number of hydrogen-bond donors (Lipinski definition) is 3. The second-order valence-corrected chi connectivity index (χ2v) is 10.4. The van der Waals surface area contributed by atoms with Crippen molar-refractivity contribution in [1.82, 2.24) is 19.7 Å². The van der Waals surface area contributed by atoms with Gasteiger partial charge in [0.15, 0.2) is 11.5 Å². The van der Waals surface area contributed by atoms with Crippen molar-refractivity contribution in [2.75, 3.05) is 42.7 Å². The number of aryl methyl sites for hydroxylation is 1. The summed E-state index contributed by atoms with van der Waals surface area (Å²) < 4.78 is 48.5. The van der Waals surface area contributed by atoms with Gasteiger partial charge in [-0.1, -0.05) is 12.1 Å². The van der Waals surface area contributed by atoms with Crippen LogP contribution in [0.1, 0.15) is 40.4 Å². The molecule has 1 aliphatic carbocycles. The average molecular weight is 580 g/mol. The molecule has 0 unspecified atom stereocenters. The largest absolute Gasteiger partial charge is 0.417 e. The minimum absolute atomic E-state index is 0.103. The number of fused-ring (bicyclic) bond motifs is 1. The van der Waals surface area contributed by atoms with E-state index in [1.165, 1.54) is 11.0 Å². The molecular weight excluding hydrogens is 551 g/mol. The van der Waals surface area contributed by atoms with Gasteiger partial charge >= 0.3 is 12.2 Å². The summed E-state index contributed by atoms with van der Waals surface area (Å²) in [5, 5.41) is 10.1. The topological polar surface area (TPSA) is 127 Å². The Morgan fingerprint density at radius 1 is 1.00 bits per heavy atom. The third kappa shape index (κ3) is 5.47. The van der Waals surface area contributed by atoms with Crippen molar-refractivity contribution in [2.45, 2.75) is 24.9 Å². The number of carbonyl (C=O) groups is 2. The van der Waals surface area contributed by atoms with Crippen LogP contribution in [0.15, 0.2) is 48.5 Å². The van der Waals surface area contributed by atoms with Crippen LogP contribution in [-0.4, -0.2) is 57.9 Å². The van der Waals surface area contributed by atoms with Crippen molar-refractivity contribution in [3.05, 3.63) is 65.4 Å².